The van der Waals surface area contributed by atoms with Gasteiger partial charge in [-0.25, -0.2) is 16.8 Å². The van der Waals surface area contributed by atoms with Crippen LogP contribution in [0.2, 0.25) is 10.0 Å². The summed E-state index contributed by atoms with van der Waals surface area (Å²) in [5.41, 5.74) is 0.771. The first-order chi connectivity index (χ1) is 19.1. The van der Waals surface area contributed by atoms with Crippen LogP contribution in [-0.2, 0) is 20.0 Å². The molecule has 11 nitrogen and oxygen atoms in total. The molecule has 1 fully saturated rings. The molecule has 1 aliphatic rings. The number of carbonyl (C=O) groups is 1. The fourth-order valence-electron chi connectivity index (χ4n) is 4.34. The summed E-state index contributed by atoms with van der Waals surface area (Å²) in [6.45, 7) is -0.118. The first-order valence-electron chi connectivity index (χ1n) is 12.1. The molecule has 1 aliphatic heterocycles. The maximum absolute atomic E-state index is 13.4. The number of benzene rings is 3. The molecule has 15 heteroatoms. The molecular weight excluding hydrogens is 613 g/mol. The van der Waals surface area contributed by atoms with E-state index >= 15 is 0 Å². The van der Waals surface area contributed by atoms with Crippen LogP contribution in [0, 0.1) is 16.5 Å². The van der Waals surface area contributed by atoms with Crippen molar-refractivity contribution in [1.29, 1.82) is 5.26 Å². The van der Waals surface area contributed by atoms with E-state index in [2.05, 4.69) is 5.32 Å². The van der Waals surface area contributed by atoms with Crippen LogP contribution < -0.4 is 14.3 Å². The molecule has 0 saturated carbocycles. The summed E-state index contributed by atoms with van der Waals surface area (Å²) in [7, 11) is -6.35. The van der Waals surface area contributed by atoms with Crippen LogP contribution in [0.1, 0.15) is 15.9 Å². The number of nitrogens with one attached hydrogen (secondary N) is 1. The highest BCUT2D eigenvalue weighted by atomic mass is 35.5. The number of nitriles is 1. The Hall–Kier alpha value is -3.22. The molecule has 0 radical (unpaired) electrons. The van der Waals surface area contributed by atoms with Gasteiger partial charge in [-0.2, -0.15) is 9.57 Å². The van der Waals surface area contributed by atoms with Gasteiger partial charge in [0.05, 0.1) is 60.2 Å². The molecule has 4 rings (SSSR count). The van der Waals surface area contributed by atoms with E-state index in [9.17, 15) is 32.1 Å². The largest absolute Gasteiger partial charge is 0.627 e. The van der Waals surface area contributed by atoms with Crippen molar-refractivity contribution in [1.82, 2.24) is 8.95 Å². The highest BCUT2D eigenvalue weighted by Crippen LogP contribution is 2.32. The van der Waals surface area contributed by atoms with Crippen molar-refractivity contribution in [2.24, 2.45) is 0 Å². The summed E-state index contributed by atoms with van der Waals surface area (Å²) >= 11 is 12.1. The van der Waals surface area contributed by atoms with Crippen molar-refractivity contribution in [3.8, 4) is 6.07 Å². The Morgan fingerprint density at radius 1 is 1.00 bits per heavy atom. The van der Waals surface area contributed by atoms with Crippen molar-refractivity contribution in [3.05, 3.63) is 87.0 Å². The monoisotopic (exact) mass is 637 g/mol. The maximum atomic E-state index is 13.4. The Bertz CT molecular complexity index is 1730. The molecule has 216 valence electrons. The summed E-state index contributed by atoms with van der Waals surface area (Å²) < 4.78 is 52.0. The Morgan fingerprint density at radius 2 is 1.59 bits per heavy atom. The number of carbonyl (C=O) groups excluding carboxylic acids is 1. The van der Waals surface area contributed by atoms with E-state index in [1.807, 2.05) is 6.07 Å². The van der Waals surface area contributed by atoms with Crippen molar-refractivity contribution in [2.75, 3.05) is 49.1 Å². The SMILES string of the molecule is CN(c1ccc(C#N)cc1C(=O)Nc1ccc(S(=O)(=O)N2CC[N+]([O-])(c3cc(Cl)cc(Cl)c3)CC2)cc1)S(C)(=O)=O. The molecule has 1 saturated heterocycles. The Kier molecular flexibility index (Phi) is 8.68. The third kappa shape index (κ3) is 6.65. The fraction of sp³-hybridized carbons (Fsp3) is 0.231. The molecular formula is C26H25Cl2N5O6S2. The van der Waals surface area contributed by atoms with Crippen LogP contribution >= 0.6 is 23.2 Å². The number of nitrogens with zero attached hydrogens (tertiary/aromatic N) is 4. The van der Waals surface area contributed by atoms with Gasteiger partial charge in [-0.1, -0.05) is 23.2 Å². The van der Waals surface area contributed by atoms with Crippen LogP contribution in [0.4, 0.5) is 17.1 Å². The number of hydrogen-bond acceptors (Lipinski definition) is 7. The summed E-state index contributed by atoms with van der Waals surface area (Å²) in [4.78, 5) is 13.0. The van der Waals surface area contributed by atoms with Crippen LogP contribution in [-0.4, -0.2) is 66.5 Å². The van der Waals surface area contributed by atoms with E-state index in [4.69, 9.17) is 23.2 Å². The topological polar surface area (TPSA) is 151 Å². The number of piperazine rings is 1. The third-order valence-electron chi connectivity index (χ3n) is 6.70. The van der Waals surface area contributed by atoms with E-state index in [0.29, 0.717) is 15.7 Å². The smallest absolute Gasteiger partial charge is 0.257 e. The maximum Gasteiger partial charge on any atom is 0.257 e. The van der Waals surface area contributed by atoms with Crippen molar-refractivity contribution in [3.63, 3.8) is 0 Å². The third-order valence-corrected chi connectivity index (χ3v) is 10.2. The van der Waals surface area contributed by atoms with Crippen LogP contribution in [0.3, 0.4) is 0 Å². The van der Waals surface area contributed by atoms with E-state index in [0.717, 1.165) is 10.6 Å². The minimum absolute atomic E-state index is 0.0275. The highest BCUT2D eigenvalue weighted by Gasteiger charge is 2.35. The molecule has 3 aromatic rings. The van der Waals surface area contributed by atoms with Crippen LogP contribution in [0.25, 0.3) is 0 Å². The van der Waals surface area contributed by atoms with Gasteiger partial charge in [-0.15, -0.1) is 0 Å². The summed E-state index contributed by atoms with van der Waals surface area (Å²) in [6, 6.07) is 15.9. The molecule has 1 heterocycles. The van der Waals surface area contributed by atoms with Gasteiger partial charge in [-0.05, 0) is 48.5 Å². The number of rotatable bonds is 7. The number of amides is 1. The second kappa shape index (κ2) is 11.6. The molecule has 41 heavy (non-hydrogen) atoms. The molecule has 0 bridgehead atoms. The van der Waals surface area contributed by atoms with E-state index < -0.39 is 30.6 Å². The van der Waals surface area contributed by atoms with Gasteiger partial charge in [0.25, 0.3) is 5.91 Å². The van der Waals surface area contributed by atoms with Gasteiger partial charge >= 0.3 is 0 Å². The molecule has 0 unspecified atom stereocenters. The zero-order chi connectivity index (χ0) is 30.2. The molecule has 0 atom stereocenters. The lowest BCUT2D eigenvalue weighted by molar-refractivity contribution is 0.102. The van der Waals surface area contributed by atoms with Gasteiger partial charge < -0.3 is 15.2 Å². The van der Waals surface area contributed by atoms with E-state index in [1.165, 1.54) is 72.0 Å². The quantitative estimate of drug-likeness (QED) is 0.303. The second-order valence-electron chi connectivity index (χ2n) is 9.42. The Balaban J connectivity index is 1.49. The second-order valence-corrected chi connectivity index (χ2v) is 14.2. The lowest BCUT2D eigenvalue weighted by Gasteiger charge is -2.47. The standard InChI is InChI=1S/C26H25Cl2N5O6S2/c1-31(40(2,36)37)25-8-3-18(17-29)13-24(25)26(34)30-21-4-6-23(7-5-21)41(38,39)32-9-11-33(35,12-10-32)22-15-19(27)14-20(28)16-22/h3-8,13-16H,9-12H2,1-2H3,(H,30,34). The fourth-order valence-corrected chi connectivity index (χ4v) is 6.79. The van der Waals surface area contributed by atoms with Gasteiger partial charge in [0.15, 0.2) is 0 Å². The van der Waals surface area contributed by atoms with Crippen LogP contribution in [0.15, 0.2) is 65.6 Å². The molecule has 1 amide bonds. The number of hydrogen-bond donors (Lipinski definition) is 1. The molecule has 3 aromatic carbocycles. The average molecular weight is 639 g/mol. The van der Waals surface area contributed by atoms with E-state index in [1.54, 1.807) is 0 Å². The zero-order valence-corrected chi connectivity index (χ0v) is 25.1. The normalized spacial score (nSPS) is 15.6. The van der Waals surface area contributed by atoms with Gasteiger partial charge in [0, 0.05) is 34.9 Å². The van der Waals surface area contributed by atoms with Gasteiger partial charge in [0.1, 0.15) is 5.69 Å². The molecule has 1 N–H and O–H groups in total. The van der Waals surface area contributed by atoms with Gasteiger partial charge in [-0.3, -0.25) is 9.10 Å². The van der Waals surface area contributed by atoms with Crippen molar-refractivity contribution in [2.45, 2.75) is 4.90 Å². The van der Waals surface area contributed by atoms with Gasteiger partial charge in [0.2, 0.25) is 20.0 Å². The summed E-state index contributed by atoms with van der Waals surface area (Å²) in [6.07, 6.45) is 0.983. The first-order valence-corrected chi connectivity index (χ1v) is 16.1. The summed E-state index contributed by atoms with van der Waals surface area (Å²) in [5, 5.41) is 25.9. The van der Waals surface area contributed by atoms with E-state index in [-0.39, 0.29) is 53.6 Å². The minimum Gasteiger partial charge on any atom is -0.627 e. The van der Waals surface area contributed by atoms with Crippen molar-refractivity contribution >= 4 is 66.2 Å². The minimum atomic E-state index is -3.94. The predicted octanol–water partition coefficient (Wildman–Crippen LogP) is 4.02. The number of hydroxylamine groups is 2. The number of quaternary nitrogens is 1. The predicted molar refractivity (Wildman–Crippen MR) is 159 cm³/mol. The lowest BCUT2D eigenvalue weighted by atomic mass is 10.1. The zero-order valence-electron chi connectivity index (χ0n) is 21.9. The molecule has 0 spiro atoms. The Labute approximate surface area is 248 Å². The lowest BCUT2D eigenvalue weighted by Crippen LogP contribution is -2.58. The molecule has 0 aliphatic carbocycles. The van der Waals surface area contributed by atoms with Crippen LogP contribution in [0.5, 0.6) is 0 Å². The molecule has 0 aromatic heterocycles. The van der Waals surface area contributed by atoms with Crippen molar-refractivity contribution < 1.29 is 21.6 Å². The first kappa shape index (κ1) is 30.7. The Morgan fingerprint density at radius 3 is 2.12 bits per heavy atom. The summed E-state index contributed by atoms with van der Waals surface area (Å²) in [5.74, 6) is -0.690. The highest BCUT2D eigenvalue weighted by molar-refractivity contribution is 7.92. The number of sulfonamides is 2. The number of anilines is 2. The number of halogens is 2. The average Bonchev–Trinajstić information content (AvgIpc) is 2.92.